The van der Waals surface area contributed by atoms with Gasteiger partial charge in [0.15, 0.2) is 5.16 Å². The molecule has 4 rings (SSSR count). The third-order valence-electron chi connectivity index (χ3n) is 4.86. The predicted molar refractivity (Wildman–Crippen MR) is 121 cm³/mol. The van der Waals surface area contributed by atoms with Gasteiger partial charge >= 0.3 is 0 Å². The van der Waals surface area contributed by atoms with Crippen LogP contribution in [-0.2, 0) is 18.9 Å². The van der Waals surface area contributed by atoms with Gasteiger partial charge < -0.3 is 14.6 Å². The van der Waals surface area contributed by atoms with Gasteiger partial charge in [-0.05, 0) is 30.3 Å². The number of amides is 1. The van der Waals surface area contributed by atoms with E-state index in [0.29, 0.717) is 32.6 Å². The van der Waals surface area contributed by atoms with Crippen LogP contribution in [0.5, 0.6) is 5.75 Å². The van der Waals surface area contributed by atoms with Gasteiger partial charge in [-0.2, -0.15) is 0 Å². The largest absolute Gasteiger partial charge is 0.497 e. The zero-order valence-corrected chi connectivity index (χ0v) is 18.2. The number of aromatic nitrogens is 3. The highest BCUT2D eigenvalue weighted by Crippen LogP contribution is 2.30. The Kier molecular flexibility index (Phi) is 5.44. The third kappa shape index (κ3) is 3.53. The van der Waals surface area contributed by atoms with E-state index in [-0.39, 0.29) is 17.2 Å². The van der Waals surface area contributed by atoms with E-state index < -0.39 is 0 Å². The molecule has 9 heteroatoms. The molecule has 0 spiro atoms. The first-order valence-electron chi connectivity index (χ1n) is 9.11. The number of para-hydroxylation sites is 1. The minimum Gasteiger partial charge on any atom is -0.497 e. The molecule has 0 aliphatic heterocycles. The summed E-state index contributed by atoms with van der Waals surface area (Å²) in [6, 6.07) is 12.6. The summed E-state index contributed by atoms with van der Waals surface area (Å²) in [6.45, 7) is 0. The van der Waals surface area contributed by atoms with Crippen molar-refractivity contribution in [3.63, 3.8) is 0 Å². The molecular formula is C21H19ClN4O3S. The topological polar surface area (TPSA) is 78.2 Å². The Labute approximate surface area is 181 Å². The summed E-state index contributed by atoms with van der Waals surface area (Å²) >= 11 is 7.28. The minimum atomic E-state index is -0.234. The number of hydrogen-bond acceptors (Lipinski definition) is 5. The Morgan fingerprint density at radius 2 is 1.97 bits per heavy atom. The van der Waals surface area contributed by atoms with Crippen LogP contribution in [0.25, 0.3) is 21.9 Å². The summed E-state index contributed by atoms with van der Waals surface area (Å²) in [7, 11) is 5.09. The van der Waals surface area contributed by atoms with Gasteiger partial charge in [0.05, 0.1) is 29.1 Å². The Bertz CT molecular complexity index is 1350. The van der Waals surface area contributed by atoms with Crippen molar-refractivity contribution < 1.29 is 9.53 Å². The summed E-state index contributed by atoms with van der Waals surface area (Å²) in [6.07, 6.45) is 0. The predicted octanol–water partition coefficient (Wildman–Crippen LogP) is 3.82. The van der Waals surface area contributed by atoms with Crippen LogP contribution in [0.1, 0.15) is 0 Å². The van der Waals surface area contributed by atoms with E-state index in [2.05, 4.69) is 5.32 Å². The molecule has 1 N–H and O–H groups in total. The van der Waals surface area contributed by atoms with E-state index >= 15 is 0 Å². The summed E-state index contributed by atoms with van der Waals surface area (Å²) in [5, 5.41) is 4.52. The fourth-order valence-corrected chi connectivity index (χ4v) is 4.26. The van der Waals surface area contributed by atoms with Crippen LogP contribution in [0, 0.1) is 0 Å². The van der Waals surface area contributed by atoms with Gasteiger partial charge in [0.25, 0.3) is 5.56 Å². The average molecular weight is 443 g/mol. The lowest BCUT2D eigenvalue weighted by molar-refractivity contribution is -0.113. The number of nitrogens with zero attached hydrogens (tertiary/aromatic N) is 3. The van der Waals surface area contributed by atoms with Crippen molar-refractivity contribution in [1.82, 2.24) is 14.1 Å². The van der Waals surface area contributed by atoms with Crippen molar-refractivity contribution in [3.05, 3.63) is 57.8 Å². The van der Waals surface area contributed by atoms with Crippen LogP contribution >= 0.6 is 23.4 Å². The molecule has 4 aromatic rings. The van der Waals surface area contributed by atoms with Gasteiger partial charge in [0.2, 0.25) is 5.91 Å². The van der Waals surface area contributed by atoms with Gasteiger partial charge in [0, 0.05) is 19.5 Å². The van der Waals surface area contributed by atoms with Crippen LogP contribution in [0.2, 0.25) is 5.02 Å². The second-order valence-electron chi connectivity index (χ2n) is 6.71. The lowest BCUT2D eigenvalue weighted by atomic mass is 10.2. The van der Waals surface area contributed by atoms with E-state index in [1.807, 2.05) is 29.8 Å². The smallest absolute Gasteiger partial charge is 0.278 e. The number of carbonyl (C=O) groups is 1. The second kappa shape index (κ2) is 8.04. The van der Waals surface area contributed by atoms with Crippen molar-refractivity contribution in [3.8, 4) is 5.75 Å². The highest BCUT2D eigenvalue weighted by molar-refractivity contribution is 7.99. The van der Waals surface area contributed by atoms with E-state index in [0.717, 1.165) is 10.9 Å². The van der Waals surface area contributed by atoms with Crippen molar-refractivity contribution in [1.29, 1.82) is 0 Å². The van der Waals surface area contributed by atoms with E-state index in [1.165, 1.54) is 16.3 Å². The number of halogens is 1. The number of methoxy groups -OCH3 is 1. The number of thioether (sulfide) groups is 1. The fourth-order valence-electron chi connectivity index (χ4n) is 3.31. The summed E-state index contributed by atoms with van der Waals surface area (Å²) in [5.41, 5.74) is 2.35. The lowest BCUT2D eigenvalue weighted by Crippen LogP contribution is -2.22. The number of aryl methyl sites for hydroxylation is 1. The van der Waals surface area contributed by atoms with Crippen LogP contribution in [0.4, 0.5) is 5.69 Å². The molecule has 0 radical (unpaired) electrons. The van der Waals surface area contributed by atoms with Gasteiger partial charge in [-0.1, -0.05) is 35.5 Å². The fraction of sp³-hybridized carbons (Fsp3) is 0.190. The van der Waals surface area contributed by atoms with Crippen LogP contribution < -0.4 is 15.6 Å². The Morgan fingerprint density at radius 3 is 2.70 bits per heavy atom. The molecule has 1 amide bonds. The molecule has 2 heterocycles. The van der Waals surface area contributed by atoms with Gasteiger partial charge in [-0.3, -0.25) is 14.2 Å². The number of carbonyl (C=O) groups excluding carboxylic acids is 1. The molecule has 0 aliphatic carbocycles. The molecule has 2 aromatic carbocycles. The van der Waals surface area contributed by atoms with Gasteiger partial charge in [-0.25, -0.2) is 4.98 Å². The van der Waals surface area contributed by atoms with Crippen molar-refractivity contribution in [2.75, 3.05) is 18.2 Å². The van der Waals surface area contributed by atoms with Crippen LogP contribution in [0.15, 0.2) is 52.4 Å². The van der Waals surface area contributed by atoms with Crippen molar-refractivity contribution >= 4 is 56.9 Å². The molecule has 7 nitrogen and oxygen atoms in total. The molecule has 0 aliphatic rings. The van der Waals surface area contributed by atoms with Crippen molar-refractivity contribution in [2.24, 2.45) is 14.1 Å². The highest BCUT2D eigenvalue weighted by Gasteiger charge is 2.18. The van der Waals surface area contributed by atoms with Gasteiger partial charge in [-0.15, -0.1) is 0 Å². The van der Waals surface area contributed by atoms with E-state index in [4.69, 9.17) is 21.3 Å². The normalized spacial score (nSPS) is 11.2. The zero-order valence-electron chi connectivity index (χ0n) is 16.6. The Hall–Kier alpha value is -2.97. The van der Waals surface area contributed by atoms with Crippen LogP contribution in [0.3, 0.4) is 0 Å². The molecule has 0 unspecified atom stereocenters. The maximum Gasteiger partial charge on any atom is 0.278 e. The number of benzene rings is 2. The van der Waals surface area contributed by atoms with Crippen molar-refractivity contribution in [2.45, 2.75) is 5.16 Å². The quantitative estimate of drug-likeness (QED) is 0.375. The molecule has 0 saturated carbocycles. The second-order valence-corrected chi connectivity index (χ2v) is 8.06. The third-order valence-corrected chi connectivity index (χ3v) is 6.22. The highest BCUT2D eigenvalue weighted by atomic mass is 35.5. The molecule has 0 bridgehead atoms. The standard InChI is InChI=1S/C21H19ClN4O3S/c1-25-16-9-8-12(29-3)10-13(16)18-19(25)20(28)26(2)21(24-18)30-11-17(27)23-15-7-5-4-6-14(15)22/h4-10H,11H2,1-3H3,(H,23,27). The summed E-state index contributed by atoms with van der Waals surface area (Å²) < 4.78 is 8.62. The SMILES string of the molecule is COc1ccc2c(c1)c1nc(SCC(=O)Nc3ccccc3Cl)n(C)c(=O)c1n2C. The van der Waals surface area contributed by atoms with Gasteiger partial charge in [0.1, 0.15) is 16.8 Å². The molecule has 2 aromatic heterocycles. The number of fused-ring (bicyclic) bond motifs is 3. The minimum absolute atomic E-state index is 0.0884. The number of nitrogens with one attached hydrogen (secondary N) is 1. The Morgan fingerprint density at radius 1 is 1.20 bits per heavy atom. The maximum absolute atomic E-state index is 13.0. The first-order chi connectivity index (χ1) is 14.4. The average Bonchev–Trinajstić information content (AvgIpc) is 3.02. The summed E-state index contributed by atoms with van der Waals surface area (Å²) in [4.78, 5) is 30.1. The molecular weight excluding hydrogens is 424 g/mol. The summed E-state index contributed by atoms with van der Waals surface area (Å²) in [5.74, 6) is 0.540. The first kappa shape index (κ1) is 20.3. The Balaban J connectivity index is 1.68. The number of hydrogen-bond donors (Lipinski definition) is 1. The zero-order chi connectivity index (χ0) is 21.4. The van der Waals surface area contributed by atoms with Crippen LogP contribution in [-0.4, -0.2) is 32.9 Å². The first-order valence-corrected chi connectivity index (χ1v) is 10.5. The van der Waals surface area contributed by atoms with E-state index in [9.17, 15) is 9.59 Å². The van der Waals surface area contributed by atoms with E-state index in [1.54, 1.807) is 38.4 Å². The number of anilines is 1. The maximum atomic E-state index is 13.0. The molecule has 0 fully saturated rings. The molecule has 0 atom stereocenters. The molecule has 0 saturated heterocycles. The molecule has 30 heavy (non-hydrogen) atoms. The lowest BCUT2D eigenvalue weighted by Gasteiger charge is -2.09. The number of rotatable bonds is 5. The monoisotopic (exact) mass is 442 g/mol. The number of ether oxygens (including phenoxy) is 1. The molecule has 154 valence electrons.